The van der Waals surface area contributed by atoms with E-state index in [1.54, 1.807) is 30.8 Å². The number of benzene rings is 2. The second-order valence-corrected chi connectivity index (χ2v) is 8.72. The van der Waals surface area contributed by atoms with Crippen LogP contribution in [-0.4, -0.2) is 19.6 Å². The lowest BCUT2D eigenvalue weighted by Gasteiger charge is -2.15. The topological polar surface area (TPSA) is 60.7 Å². The highest BCUT2D eigenvalue weighted by Crippen LogP contribution is 2.41. The van der Waals surface area contributed by atoms with Crippen LogP contribution in [0.4, 0.5) is 0 Å². The van der Waals surface area contributed by atoms with Crippen molar-refractivity contribution in [3.8, 4) is 22.6 Å². The number of hydrogen-bond donors (Lipinski definition) is 1. The maximum absolute atomic E-state index is 12.6. The predicted molar refractivity (Wildman–Crippen MR) is 134 cm³/mol. The van der Waals surface area contributed by atoms with E-state index in [-0.39, 0.29) is 5.91 Å². The van der Waals surface area contributed by atoms with Gasteiger partial charge in [-0.3, -0.25) is 4.79 Å². The Labute approximate surface area is 197 Å². The molecule has 2 aromatic heterocycles. The van der Waals surface area contributed by atoms with Crippen molar-refractivity contribution in [1.29, 1.82) is 0 Å². The number of hydrogen-bond acceptors (Lipinski definition) is 5. The van der Waals surface area contributed by atoms with Gasteiger partial charge in [0.05, 0.1) is 26.5 Å². The van der Waals surface area contributed by atoms with Crippen LogP contribution < -0.4 is 14.8 Å². The molecule has 2 heterocycles. The van der Waals surface area contributed by atoms with Crippen LogP contribution in [0, 0.1) is 6.92 Å². The molecule has 6 heteroatoms. The van der Waals surface area contributed by atoms with E-state index in [0.29, 0.717) is 13.2 Å². The third-order valence-corrected chi connectivity index (χ3v) is 6.40. The number of carbonyl (C=O) groups is 1. The van der Waals surface area contributed by atoms with Crippen molar-refractivity contribution in [3.63, 3.8) is 0 Å². The second-order valence-electron chi connectivity index (χ2n) is 7.69. The fourth-order valence-electron chi connectivity index (χ4n) is 3.85. The highest BCUT2D eigenvalue weighted by Gasteiger charge is 2.19. The van der Waals surface area contributed by atoms with E-state index in [1.165, 1.54) is 0 Å². The van der Waals surface area contributed by atoms with Gasteiger partial charge in [-0.25, -0.2) is 0 Å². The SMILES string of the molecule is CCOc1c(/C(C)=C/C(=O)NCc2cccs2)cc2c(-c3ccc(OC)cc3)coc2c1C. The molecule has 0 unspecified atom stereocenters. The molecule has 5 nitrogen and oxygen atoms in total. The fourth-order valence-corrected chi connectivity index (χ4v) is 4.49. The summed E-state index contributed by atoms with van der Waals surface area (Å²) in [5.41, 5.74) is 5.41. The zero-order valence-corrected chi connectivity index (χ0v) is 20.0. The lowest BCUT2D eigenvalue weighted by atomic mass is 9.96. The van der Waals surface area contributed by atoms with Crippen molar-refractivity contribution < 1.29 is 18.7 Å². The van der Waals surface area contributed by atoms with Crippen LogP contribution in [0.1, 0.15) is 29.9 Å². The van der Waals surface area contributed by atoms with Crippen molar-refractivity contribution in [2.24, 2.45) is 0 Å². The van der Waals surface area contributed by atoms with Crippen molar-refractivity contribution in [3.05, 3.63) is 76.2 Å². The molecular weight excluding hydrogens is 434 g/mol. The number of furan rings is 1. The van der Waals surface area contributed by atoms with Crippen LogP contribution >= 0.6 is 11.3 Å². The van der Waals surface area contributed by atoms with Crippen molar-refractivity contribution >= 4 is 33.8 Å². The highest BCUT2D eigenvalue weighted by molar-refractivity contribution is 7.09. The lowest BCUT2D eigenvalue weighted by molar-refractivity contribution is -0.116. The Hall–Kier alpha value is -3.51. The number of methoxy groups -OCH3 is 1. The quantitative estimate of drug-likeness (QED) is 0.301. The third kappa shape index (κ3) is 4.81. The zero-order valence-electron chi connectivity index (χ0n) is 19.2. The molecule has 0 saturated heterocycles. The first-order chi connectivity index (χ1) is 16.0. The number of amides is 1. The van der Waals surface area contributed by atoms with E-state index in [9.17, 15) is 4.79 Å². The molecule has 0 bridgehead atoms. The van der Waals surface area contributed by atoms with E-state index in [0.717, 1.165) is 55.2 Å². The number of nitrogens with one attached hydrogen (secondary N) is 1. The first kappa shape index (κ1) is 22.7. The van der Waals surface area contributed by atoms with Gasteiger partial charge in [-0.05, 0) is 61.6 Å². The van der Waals surface area contributed by atoms with Crippen molar-refractivity contribution in [2.75, 3.05) is 13.7 Å². The number of fused-ring (bicyclic) bond motifs is 1. The van der Waals surface area contributed by atoms with Gasteiger partial charge in [-0.2, -0.15) is 0 Å². The average molecular weight is 462 g/mol. The summed E-state index contributed by atoms with van der Waals surface area (Å²) in [6, 6.07) is 13.9. The minimum absolute atomic E-state index is 0.135. The monoisotopic (exact) mass is 461 g/mol. The number of thiophene rings is 1. The number of carbonyl (C=O) groups excluding carboxylic acids is 1. The summed E-state index contributed by atoms with van der Waals surface area (Å²) in [5, 5.41) is 5.93. The van der Waals surface area contributed by atoms with Gasteiger partial charge in [0, 0.05) is 33.0 Å². The molecule has 0 aliphatic carbocycles. The van der Waals surface area contributed by atoms with E-state index in [4.69, 9.17) is 13.9 Å². The molecule has 0 atom stereocenters. The molecule has 0 aliphatic heterocycles. The summed E-state index contributed by atoms with van der Waals surface area (Å²) < 4.78 is 17.2. The molecule has 0 spiro atoms. The minimum Gasteiger partial charge on any atom is -0.497 e. The summed E-state index contributed by atoms with van der Waals surface area (Å²) in [6.45, 7) is 6.90. The van der Waals surface area contributed by atoms with Gasteiger partial charge in [0.15, 0.2) is 0 Å². The summed E-state index contributed by atoms with van der Waals surface area (Å²) in [6.07, 6.45) is 3.40. The summed E-state index contributed by atoms with van der Waals surface area (Å²) >= 11 is 1.62. The standard InChI is InChI=1S/C27H27NO4S/c1-5-31-26-18(3)27-23(24(16-32-27)19-8-10-20(30-4)11-9-19)14-22(26)17(2)13-25(29)28-15-21-7-6-12-33-21/h6-14,16H,5,15H2,1-4H3,(H,28,29)/b17-13+. The first-order valence-corrected chi connectivity index (χ1v) is 11.7. The minimum atomic E-state index is -0.135. The Morgan fingerprint density at radius 2 is 2.00 bits per heavy atom. The van der Waals surface area contributed by atoms with Gasteiger partial charge >= 0.3 is 0 Å². The Balaban J connectivity index is 1.73. The van der Waals surface area contributed by atoms with Gasteiger partial charge in [0.2, 0.25) is 5.91 Å². The lowest BCUT2D eigenvalue weighted by Crippen LogP contribution is -2.20. The zero-order chi connectivity index (χ0) is 23.4. The Morgan fingerprint density at radius 1 is 1.21 bits per heavy atom. The molecule has 0 aliphatic rings. The third-order valence-electron chi connectivity index (χ3n) is 5.52. The molecule has 0 fully saturated rings. The van der Waals surface area contributed by atoms with Gasteiger partial charge in [-0.1, -0.05) is 18.2 Å². The summed E-state index contributed by atoms with van der Waals surface area (Å²) in [7, 11) is 1.65. The number of ether oxygens (including phenoxy) is 2. The molecule has 0 radical (unpaired) electrons. The van der Waals surface area contributed by atoms with E-state index in [2.05, 4.69) is 11.4 Å². The van der Waals surface area contributed by atoms with Gasteiger partial charge < -0.3 is 19.2 Å². The van der Waals surface area contributed by atoms with Crippen LogP contribution in [0.25, 0.3) is 27.7 Å². The predicted octanol–water partition coefficient (Wildman–Crippen LogP) is 6.60. The van der Waals surface area contributed by atoms with Crippen LogP contribution in [0.2, 0.25) is 0 Å². The molecule has 2 aromatic carbocycles. The van der Waals surface area contributed by atoms with Crippen LogP contribution in [0.3, 0.4) is 0 Å². The Kier molecular flexibility index (Phi) is 6.84. The normalized spacial score (nSPS) is 11.6. The second kappa shape index (κ2) is 9.96. The number of allylic oxidation sites excluding steroid dienone is 1. The van der Waals surface area contributed by atoms with E-state index >= 15 is 0 Å². The molecule has 4 rings (SSSR count). The summed E-state index contributed by atoms with van der Waals surface area (Å²) in [4.78, 5) is 13.7. The number of rotatable bonds is 8. The fraction of sp³-hybridized carbons (Fsp3) is 0.222. The smallest absolute Gasteiger partial charge is 0.244 e. The molecule has 170 valence electrons. The Bertz CT molecular complexity index is 1280. The van der Waals surface area contributed by atoms with Crippen LogP contribution in [-0.2, 0) is 11.3 Å². The van der Waals surface area contributed by atoms with E-state index in [1.807, 2.05) is 62.5 Å². The average Bonchev–Trinajstić information content (AvgIpc) is 3.49. The molecule has 0 saturated carbocycles. The molecule has 1 N–H and O–H groups in total. The van der Waals surface area contributed by atoms with Crippen LogP contribution in [0.15, 0.2) is 64.6 Å². The van der Waals surface area contributed by atoms with Crippen LogP contribution in [0.5, 0.6) is 11.5 Å². The highest BCUT2D eigenvalue weighted by atomic mass is 32.1. The van der Waals surface area contributed by atoms with Crippen molar-refractivity contribution in [2.45, 2.75) is 27.3 Å². The van der Waals surface area contributed by atoms with Gasteiger partial charge in [-0.15, -0.1) is 11.3 Å². The van der Waals surface area contributed by atoms with Gasteiger partial charge in [0.1, 0.15) is 17.1 Å². The summed E-state index contributed by atoms with van der Waals surface area (Å²) in [5.74, 6) is 1.40. The maximum Gasteiger partial charge on any atom is 0.244 e. The molecule has 4 aromatic rings. The molecular formula is C27H27NO4S. The molecule has 1 amide bonds. The van der Waals surface area contributed by atoms with Crippen molar-refractivity contribution in [1.82, 2.24) is 5.32 Å². The maximum atomic E-state index is 12.6. The largest absolute Gasteiger partial charge is 0.497 e. The Morgan fingerprint density at radius 3 is 2.67 bits per heavy atom. The van der Waals surface area contributed by atoms with Gasteiger partial charge in [0.25, 0.3) is 0 Å². The van der Waals surface area contributed by atoms with E-state index < -0.39 is 0 Å². The molecule has 33 heavy (non-hydrogen) atoms. The number of aryl methyl sites for hydroxylation is 1. The first-order valence-electron chi connectivity index (χ1n) is 10.8.